The molecule has 0 bridgehead atoms. The summed E-state index contributed by atoms with van der Waals surface area (Å²) in [6.07, 6.45) is 2.97. The summed E-state index contributed by atoms with van der Waals surface area (Å²) in [5.74, 6) is 1.32. The smallest absolute Gasteiger partial charge is 0.271 e. The molecule has 23 heavy (non-hydrogen) atoms. The van der Waals surface area contributed by atoms with Gasteiger partial charge in [-0.15, -0.1) is 11.3 Å². The number of amides is 1. The van der Waals surface area contributed by atoms with Crippen molar-refractivity contribution in [2.24, 2.45) is 0 Å². The Labute approximate surface area is 141 Å². The van der Waals surface area contributed by atoms with Crippen LogP contribution in [0.3, 0.4) is 0 Å². The fourth-order valence-corrected chi connectivity index (χ4v) is 3.57. The van der Waals surface area contributed by atoms with Crippen LogP contribution in [0.1, 0.15) is 15.9 Å². The van der Waals surface area contributed by atoms with Gasteiger partial charge in [-0.3, -0.25) is 14.0 Å². The van der Waals surface area contributed by atoms with Gasteiger partial charge in [0.2, 0.25) is 0 Å². The molecule has 0 unspecified atom stereocenters. The van der Waals surface area contributed by atoms with Crippen molar-refractivity contribution in [3.05, 3.63) is 69.6 Å². The van der Waals surface area contributed by atoms with E-state index < -0.39 is 0 Å². The molecule has 3 rings (SSSR count). The lowest BCUT2D eigenvalue weighted by Gasteiger charge is -2.05. The van der Waals surface area contributed by atoms with Crippen LogP contribution in [0.5, 0.6) is 0 Å². The van der Waals surface area contributed by atoms with Crippen molar-refractivity contribution in [1.82, 2.24) is 14.7 Å². The fourth-order valence-electron chi connectivity index (χ4n) is 2.08. The third-order valence-corrected chi connectivity index (χ3v) is 5.03. The van der Waals surface area contributed by atoms with Crippen molar-refractivity contribution in [1.29, 1.82) is 0 Å². The molecule has 1 N–H and O–H groups in total. The highest BCUT2D eigenvalue weighted by atomic mass is 32.2. The number of hydrogen-bond acceptors (Lipinski definition) is 5. The summed E-state index contributed by atoms with van der Waals surface area (Å²) in [4.78, 5) is 29.0. The molecule has 118 valence electrons. The minimum atomic E-state index is -0.372. The first-order valence-corrected chi connectivity index (χ1v) is 9.14. The second-order valence-corrected chi connectivity index (χ2v) is 6.80. The van der Waals surface area contributed by atoms with Crippen molar-refractivity contribution in [2.45, 2.75) is 5.75 Å². The van der Waals surface area contributed by atoms with Gasteiger partial charge in [0.1, 0.15) is 5.56 Å². The lowest BCUT2D eigenvalue weighted by Crippen LogP contribution is -2.32. The largest absolute Gasteiger partial charge is 0.351 e. The summed E-state index contributed by atoms with van der Waals surface area (Å²) in [7, 11) is 0. The van der Waals surface area contributed by atoms with Crippen LogP contribution in [0.2, 0.25) is 0 Å². The van der Waals surface area contributed by atoms with Crippen molar-refractivity contribution in [3.63, 3.8) is 0 Å². The van der Waals surface area contributed by atoms with Crippen LogP contribution in [-0.4, -0.2) is 27.6 Å². The summed E-state index contributed by atoms with van der Waals surface area (Å²) in [5, 5.41) is 4.54. The second-order valence-electron chi connectivity index (χ2n) is 4.83. The molecule has 0 aliphatic carbocycles. The molecule has 2 heterocycles. The number of nitrogens with one attached hydrogen (secondary N) is 1. The average Bonchev–Trinajstić information content (AvgIpc) is 3.05. The lowest BCUT2D eigenvalue weighted by atomic mass is 10.2. The summed E-state index contributed by atoms with van der Waals surface area (Å²) in [5.41, 5.74) is 1.01. The molecule has 0 fully saturated rings. The standard InChI is InChI=1S/C16H15N3O2S2/c20-14(13-10-18-16-19(15(13)21)7-9-23-16)17-6-8-22-11-12-4-2-1-3-5-12/h1-5,7,9-10H,6,8,11H2,(H,17,20). The van der Waals surface area contributed by atoms with Gasteiger partial charge in [0.15, 0.2) is 4.96 Å². The van der Waals surface area contributed by atoms with Gasteiger partial charge in [-0.25, -0.2) is 4.98 Å². The topological polar surface area (TPSA) is 63.5 Å². The average molecular weight is 345 g/mol. The van der Waals surface area contributed by atoms with Crippen LogP contribution >= 0.6 is 23.1 Å². The number of nitrogens with zero attached hydrogens (tertiary/aromatic N) is 2. The van der Waals surface area contributed by atoms with E-state index in [0.29, 0.717) is 11.5 Å². The van der Waals surface area contributed by atoms with E-state index in [2.05, 4.69) is 22.4 Å². The van der Waals surface area contributed by atoms with Crippen LogP contribution in [0, 0.1) is 0 Å². The van der Waals surface area contributed by atoms with Gasteiger partial charge >= 0.3 is 0 Å². The highest BCUT2D eigenvalue weighted by molar-refractivity contribution is 7.98. The summed E-state index contributed by atoms with van der Waals surface area (Å²) < 4.78 is 1.39. The third kappa shape index (κ3) is 3.80. The maximum absolute atomic E-state index is 12.2. The molecule has 0 radical (unpaired) electrons. The zero-order valence-electron chi connectivity index (χ0n) is 12.3. The van der Waals surface area contributed by atoms with E-state index in [9.17, 15) is 9.59 Å². The number of thioether (sulfide) groups is 1. The fraction of sp³-hybridized carbons (Fsp3) is 0.188. The first-order valence-electron chi connectivity index (χ1n) is 7.10. The number of aromatic nitrogens is 2. The van der Waals surface area contributed by atoms with E-state index in [-0.39, 0.29) is 17.0 Å². The van der Waals surface area contributed by atoms with Gasteiger partial charge in [0.25, 0.3) is 11.5 Å². The summed E-state index contributed by atoms with van der Waals surface area (Å²) in [6, 6.07) is 10.2. The van der Waals surface area contributed by atoms with Crippen molar-refractivity contribution < 1.29 is 4.79 Å². The molecule has 0 saturated carbocycles. The monoisotopic (exact) mass is 345 g/mol. The van der Waals surface area contributed by atoms with Crippen LogP contribution in [0.15, 0.2) is 52.9 Å². The maximum Gasteiger partial charge on any atom is 0.271 e. The Bertz CT molecular complexity index is 858. The Kier molecular flexibility index (Phi) is 5.09. The van der Waals surface area contributed by atoms with E-state index in [1.54, 1.807) is 23.3 Å². The molecule has 0 aliphatic heterocycles. The predicted octanol–water partition coefficient (Wildman–Crippen LogP) is 2.42. The molecule has 0 saturated heterocycles. The zero-order valence-corrected chi connectivity index (χ0v) is 13.9. The van der Waals surface area contributed by atoms with E-state index >= 15 is 0 Å². The van der Waals surface area contributed by atoms with Gasteiger partial charge in [0.05, 0.1) is 0 Å². The van der Waals surface area contributed by atoms with Gasteiger partial charge in [0, 0.05) is 35.8 Å². The number of rotatable bonds is 6. The number of fused-ring (bicyclic) bond motifs is 1. The third-order valence-electron chi connectivity index (χ3n) is 3.23. The molecule has 2 aromatic heterocycles. The SMILES string of the molecule is O=C(NCCSCc1ccccc1)c1cnc2sccn2c1=O. The molecular formula is C16H15N3O2S2. The summed E-state index contributed by atoms with van der Waals surface area (Å²) >= 11 is 3.10. The quantitative estimate of drug-likeness (QED) is 0.697. The van der Waals surface area contributed by atoms with E-state index in [1.807, 2.05) is 18.2 Å². The number of carbonyl (C=O) groups is 1. The van der Waals surface area contributed by atoms with Crippen LogP contribution in [-0.2, 0) is 5.75 Å². The molecule has 7 heteroatoms. The highest BCUT2D eigenvalue weighted by Gasteiger charge is 2.13. The molecule has 0 atom stereocenters. The van der Waals surface area contributed by atoms with E-state index in [1.165, 1.54) is 27.5 Å². The minimum Gasteiger partial charge on any atom is -0.351 e. The van der Waals surface area contributed by atoms with E-state index in [0.717, 1.165) is 11.5 Å². The molecule has 0 aliphatic rings. The Morgan fingerprint density at radius 3 is 2.96 bits per heavy atom. The molecule has 1 amide bonds. The van der Waals surface area contributed by atoms with Crippen molar-refractivity contribution in [2.75, 3.05) is 12.3 Å². The van der Waals surface area contributed by atoms with Gasteiger partial charge in [-0.2, -0.15) is 11.8 Å². The number of benzene rings is 1. The number of hydrogen-bond donors (Lipinski definition) is 1. The Morgan fingerprint density at radius 1 is 1.30 bits per heavy atom. The first-order chi connectivity index (χ1) is 11.3. The minimum absolute atomic E-state index is 0.0777. The van der Waals surface area contributed by atoms with Gasteiger partial charge < -0.3 is 5.32 Å². The maximum atomic E-state index is 12.2. The summed E-state index contributed by atoms with van der Waals surface area (Å²) in [6.45, 7) is 0.516. The van der Waals surface area contributed by atoms with Gasteiger partial charge in [-0.1, -0.05) is 30.3 Å². The van der Waals surface area contributed by atoms with E-state index in [4.69, 9.17) is 0 Å². The lowest BCUT2D eigenvalue weighted by molar-refractivity contribution is 0.0954. The first kappa shape index (κ1) is 15.8. The van der Waals surface area contributed by atoms with Gasteiger partial charge in [-0.05, 0) is 5.56 Å². The number of carbonyl (C=O) groups excluding carboxylic acids is 1. The van der Waals surface area contributed by atoms with Crippen LogP contribution in [0.25, 0.3) is 4.96 Å². The zero-order chi connectivity index (χ0) is 16.1. The Balaban J connectivity index is 1.51. The predicted molar refractivity (Wildman–Crippen MR) is 94.3 cm³/mol. The Morgan fingerprint density at radius 2 is 2.13 bits per heavy atom. The van der Waals surface area contributed by atoms with Crippen molar-refractivity contribution >= 4 is 34.0 Å². The molecule has 0 spiro atoms. The highest BCUT2D eigenvalue weighted by Crippen LogP contribution is 2.10. The molecule has 5 nitrogen and oxygen atoms in total. The Hall–Kier alpha value is -2.12. The molecular weight excluding hydrogens is 330 g/mol. The van der Waals surface area contributed by atoms with Crippen LogP contribution in [0.4, 0.5) is 0 Å². The van der Waals surface area contributed by atoms with Crippen molar-refractivity contribution in [3.8, 4) is 0 Å². The molecule has 3 aromatic rings. The second kappa shape index (κ2) is 7.43. The normalized spacial score (nSPS) is 10.8. The molecule has 1 aromatic carbocycles. The number of thiazole rings is 1. The van der Waals surface area contributed by atoms with Crippen LogP contribution < -0.4 is 10.9 Å².